The van der Waals surface area contributed by atoms with E-state index in [1.807, 2.05) is 53.2 Å². The number of carbonyl (C=O) groups excluding carboxylic acids is 1. The molecule has 2 aromatic carbocycles. The van der Waals surface area contributed by atoms with Crippen molar-refractivity contribution < 1.29 is 9.53 Å². The predicted molar refractivity (Wildman–Crippen MR) is 193 cm³/mol. The number of fused-ring (bicyclic) bond motifs is 1. The number of hydrogen-bond donors (Lipinski definition) is 3. The summed E-state index contributed by atoms with van der Waals surface area (Å²) in [7, 11) is 0. The zero-order valence-electron chi connectivity index (χ0n) is 28.7. The third kappa shape index (κ3) is 6.59. The summed E-state index contributed by atoms with van der Waals surface area (Å²) in [5, 5.41) is 9.06. The Labute approximate surface area is 289 Å². The van der Waals surface area contributed by atoms with Gasteiger partial charge in [0, 0.05) is 37.7 Å². The molecule has 4 saturated carbocycles. The van der Waals surface area contributed by atoms with Crippen LogP contribution >= 0.6 is 0 Å². The Bertz CT molecular complexity index is 1760. The molecule has 0 radical (unpaired) electrons. The topological polar surface area (TPSA) is 137 Å². The van der Waals surface area contributed by atoms with E-state index in [9.17, 15) is 4.79 Å². The highest BCUT2D eigenvalue weighted by molar-refractivity contribution is 5.98. The smallest absolute Gasteiger partial charge is 0.222 e. The number of aromatic nitrogens is 4. The fraction of sp³-hybridized carbons (Fsp3) is 0.538. The van der Waals surface area contributed by atoms with E-state index in [0.717, 1.165) is 79.0 Å². The van der Waals surface area contributed by atoms with Gasteiger partial charge in [0.15, 0.2) is 5.65 Å². The van der Waals surface area contributed by atoms with Crippen LogP contribution < -0.4 is 21.5 Å². The minimum atomic E-state index is 0.0819. The number of nitrogens with one attached hydrogen (secondary N) is 1. The Morgan fingerprint density at radius 3 is 2.41 bits per heavy atom. The predicted octanol–water partition coefficient (Wildman–Crippen LogP) is 6.84. The van der Waals surface area contributed by atoms with Crippen molar-refractivity contribution in [3.8, 4) is 22.8 Å². The molecule has 1 saturated heterocycles. The van der Waals surface area contributed by atoms with Crippen molar-refractivity contribution in [2.75, 3.05) is 37.6 Å². The molecule has 1 aliphatic heterocycles. The van der Waals surface area contributed by atoms with Crippen LogP contribution in [0.4, 0.5) is 11.5 Å². The number of para-hydroxylation sites is 1. The molecule has 1 atom stereocenters. The molecule has 2 aromatic heterocycles. The minimum Gasteiger partial charge on any atom is -0.455 e. The van der Waals surface area contributed by atoms with Crippen LogP contribution in [0.1, 0.15) is 77.2 Å². The van der Waals surface area contributed by atoms with E-state index in [0.29, 0.717) is 34.9 Å². The fourth-order valence-corrected chi connectivity index (χ4v) is 10.0. The molecule has 10 nitrogen and oxygen atoms in total. The molecule has 4 aliphatic carbocycles. The maximum Gasteiger partial charge on any atom is 0.222 e. The van der Waals surface area contributed by atoms with Gasteiger partial charge in [-0.15, -0.1) is 0 Å². The second-order valence-electron chi connectivity index (χ2n) is 15.6. The second kappa shape index (κ2) is 13.3. The van der Waals surface area contributed by atoms with Crippen molar-refractivity contribution in [2.24, 2.45) is 29.1 Å². The Hall–Kier alpha value is -4.18. The van der Waals surface area contributed by atoms with Gasteiger partial charge in [-0.3, -0.25) is 4.79 Å². The molecule has 0 spiro atoms. The van der Waals surface area contributed by atoms with Gasteiger partial charge in [-0.1, -0.05) is 25.1 Å². The van der Waals surface area contributed by atoms with Crippen molar-refractivity contribution in [2.45, 2.75) is 77.2 Å². The van der Waals surface area contributed by atoms with Crippen molar-refractivity contribution in [3.05, 3.63) is 54.9 Å². The molecule has 5 fully saturated rings. The summed E-state index contributed by atoms with van der Waals surface area (Å²) in [6.45, 7) is 5.53. The zero-order chi connectivity index (χ0) is 33.5. The molecule has 5 N–H and O–H groups in total. The lowest BCUT2D eigenvalue weighted by Crippen LogP contribution is -2.46. The Morgan fingerprint density at radius 1 is 1.00 bits per heavy atom. The van der Waals surface area contributed by atoms with Crippen molar-refractivity contribution >= 4 is 28.4 Å². The van der Waals surface area contributed by atoms with Crippen molar-refractivity contribution in [3.63, 3.8) is 0 Å². The number of nitrogen functional groups attached to an aromatic ring is 2. The number of anilines is 2. The number of nitrogens with zero attached hydrogens (tertiary/aromatic N) is 5. The monoisotopic (exact) mass is 662 g/mol. The minimum absolute atomic E-state index is 0.0819. The van der Waals surface area contributed by atoms with Crippen LogP contribution in [0.5, 0.6) is 11.5 Å². The molecule has 1 amide bonds. The molecule has 4 bridgehead atoms. The molecule has 4 aromatic rings. The highest BCUT2D eigenvalue weighted by Gasteiger charge is 2.50. The van der Waals surface area contributed by atoms with Gasteiger partial charge < -0.3 is 26.4 Å². The number of benzene rings is 2. The average Bonchev–Trinajstić information content (AvgIpc) is 3.49. The first-order chi connectivity index (χ1) is 23.8. The number of rotatable bonds is 11. The van der Waals surface area contributed by atoms with E-state index >= 15 is 0 Å². The summed E-state index contributed by atoms with van der Waals surface area (Å²) in [6, 6.07) is 15.5. The van der Waals surface area contributed by atoms with Crippen LogP contribution in [0, 0.1) is 29.1 Å². The van der Waals surface area contributed by atoms with E-state index in [-0.39, 0.29) is 17.9 Å². The van der Waals surface area contributed by atoms with E-state index in [1.54, 1.807) is 0 Å². The molecular weight excluding hydrogens is 612 g/mol. The number of ether oxygens (including phenoxy) is 1. The summed E-state index contributed by atoms with van der Waals surface area (Å²) in [4.78, 5) is 24.4. The first-order valence-electron chi connectivity index (χ1n) is 18.4. The van der Waals surface area contributed by atoms with Gasteiger partial charge in [-0.2, -0.15) is 5.10 Å². The lowest BCUT2D eigenvalue weighted by Gasteiger charge is -2.57. The maximum atomic E-state index is 13.1. The molecular formula is C39H50N8O2. The molecule has 49 heavy (non-hydrogen) atoms. The average molecular weight is 663 g/mol. The molecule has 3 heterocycles. The van der Waals surface area contributed by atoms with Gasteiger partial charge in [0.2, 0.25) is 5.91 Å². The van der Waals surface area contributed by atoms with Crippen LogP contribution in [0.3, 0.4) is 0 Å². The summed E-state index contributed by atoms with van der Waals surface area (Å²) >= 11 is 0. The summed E-state index contributed by atoms with van der Waals surface area (Å²) in [6.07, 6.45) is 14.3. The Morgan fingerprint density at radius 2 is 1.71 bits per heavy atom. The fourth-order valence-electron chi connectivity index (χ4n) is 10.0. The van der Waals surface area contributed by atoms with Crippen LogP contribution in [-0.4, -0.2) is 56.7 Å². The molecule has 9 rings (SSSR count). The van der Waals surface area contributed by atoms with Gasteiger partial charge in [0.1, 0.15) is 29.3 Å². The first kappa shape index (κ1) is 32.0. The number of likely N-dealkylation sites (tertiary alicyclic amines) is 1. The summed E-state index contributed by atoms with van der Waals surface area (Å²) < 4.78 is 8.02. The van der Waals surface area contributed by atoms with Crippen LogP contribution in [0.25, 0.3) is 22.3 Å². The lowest BCUT2D eigenvalue weighted by molar-refractivity contribution is -0.125. The lowest BCUT2D eigenvalue weighted by atomic mass is 9.48. The molecule has 0 unspecified atom stereocenters. The Balaban J connectivity index is 0.856. The van der Waals surface area contributed by atoms with Crippen LogP contribution in [0.2, 0.25) is 0 Å². The SMILES string of the molecule is C[C@H](CCC12CC3CC(CC(C3)C1)C2)C(=O)NCCN1CCC(n2nc(-c3ccc(Oc4ccccc4)c(N)c3)c3c(N)ncnc32)CC1. The highest BCUT2D eigenvalue weighted by Crippen LogP contribution is 2.61. The van der Waals surface area contributed by atoms with Gasteiger partial charge in [-0.05, 0) is 118 Å². The van der Waals surface area contributed by atoms with Crippen molar-refractivity contribution in [1.82, 2.24) is 30.0 Å². The first-order valence-corrected chi connectivity index (χ1v) is 18.4. The van der Waals surface area contributed by atoms with Crippen LogP contribution in [-0.2, 0) is 4.79 Å². The van der Waals surface area contributed by atoms with E-state index < -0.39 is 0 Å². The normalized spacial score (nSPS) is 25.9. The number of piperidine rings is 1. The van der Waals surface area contributed by atoms with Crippen LogP contribution in [0.15, 0.2) is 54.9 Å². The third-order valence-corrected chi connectivity index (χ3v) is 12.1. The summed E-state index contributed by atoms with van der Waals surface area (Å²) in [5.41, 5.74) is 16.2. The highest BCUT2D eigenvalue weighted by atomic mass is 16.5. The van der Waals surface area contributed by atoms with E-state index in [2.05, 4.69) is 27.1 Å². The number of carbonyl (C=O) groups is 1. The van der Waals surface area contributed by atoms with Gasteiger partial charge in [-0.25, -0.2) is 14.6 Å². The quantitative estimate of drug-likeness (QED) is 0.149. The summed E-state index contributed by atoms with van der Waals surface area (Å²) in [5.74, 6) is 4.91. The number of hydrogen-bond acceptors (Lipinski definition) is 8. The van der Waals surface area contributed by atoms with Gasteiger partial charge >= 0.3 is 0 Å². The van der Waals surface area contributed by atoms with E-state index in [1.165, 1.54) is 51.3 Å². The standard InChI is InChI=1S/C39H50N8O2/c1-25(9-12-39-21-26-17-27(22-39)19-28(18-26)23-39)38(48)42-13-16-46-14-10-30(11-15-46)47-37-34(36(41)43-24-44-37)35(45-47)29-7-8-33(32(40)20-29)49-31-5-3-2-4-6-31/h2-8,20,24-28,30H,9-19,21-23,40H2,1H3,(H,42,48)(H2,41,43,44)/t25-,26?,27?,28?,39?/m1/s1. The Kier molecular flexibility index (Phi) is 8.68. The molecule has 258 valence electrons. The maximum absolute atomic E-state index is 13.1. The molecule has 5 aliphatic rings. The number of nitrogens with two attached hydrogens (primary N) is 2. The van der Waals surface area contributed by atoms with Gasteiger partial charge in [0.05, 0.1) is 17.1 Å². The zero-order valence-corrected chi connectivity index (χ0v) is 28.7. The second-order valence-corrected chi connectivity index (χ2v) is 15.6. The van der Waals surface area contributed by atoms with Crippen molar-refractivity contribution in [1.29, 1.82) is 0 Å². The van der Waals surface area contributed by atoms with E-state index in [4.69, 9.17) is 21.3 Å². The van der Waals surface area contributed by atoms with Gasteiger partial charge in [0.25, 0.3) is 0 Å². The third-order valence-electron chi connectivity index (χ3n) is 12.1. The molecule has 10 heteroatoms. The largest absolute Gasteiger partial charge is 0.455 e. The number of amides is 1.